The van der Waals surface area contributed by atoms with Gasteiger partial charge in [0.25, 0.3) is 5.69 Å². The fourth-order valence-corrected chi connectivity index (χ4v) is 1.95. The van der Waals surface area contributed by atoms with E-state index in [2.05, 4.69) is 10.6 Å². The summed E-state index contributed by atoms with van der Waals surface area (Å²) < 4.78 is 5.19. The van der Waals surface area contributed by atoms with Crippen LogP contribution in [0.25, 0.3) is 0 Å². The van der Waals surface area contributed by atoms with Crippen molar-refractivity contribution in [1.29, 1.82) is 0 Å². The third-order valence-electron chi connectivity index (χ3n) is 3.04. The van der Waals surface area contributed by atoms with E-state index < -0.39 is 4.92 Å². The summed E-state index contributed by atoms with van der Waals surface area (Å²) in [6.07, 6.45) is 1.85. The van der Waals surface area contributed by atoms with Gasteiger partial charge in [-0.05, 0) is 25.1 Å². The maximum atomic E-state index is 11.9. The van der Waals surface area contributed by atoms with Crippen molar-refractivity contribution >= 4 is 17.3 Å². The quantitative estimate of drug-likeness (QED) is 0.605. The molecule has 1 aromatic heterocycles. The summed E-state index contributed by atoms with van der Waals surface area (Å²) in [5, 5.41) is 16.5. The molecule has 1 unspecified atom stereocenters. The van der Waals surface area contributed by atoms with Crippen LogP contribution in [0.5, 0.6) is 0 Å². The van der Waals surface area contributed by atoms with Crippen LogP contribution in [0.2, 0.25) is 0 Å². The highest BCUT2D eigenvalue weighted by Gasteiger charge is 2.11. The number of nitro groups is 1. The number of amides is 1. The number of anilines is 1. The molecule has 1 heterocycles. The normalized spacial score (nSPS) is 11.9. The molecule has 7 heteroatoms. The van der Waals surface area contributed by atoms with Crippen LogP contribution in [0.1, 0.15) is 19.1 Å². The average Bonchev–Trinajstić information content (AvgIpc) is 2.98. The van der Waals surface area contributed by atoms with E-state index in [1.807, 2.05) is 13.0 Å². The summed E-state index contributed by atoms with van der Waals surface area (Å²) in [4.78, 5) is 22.1. The lowest BCUT2D eigenvalue weighted by Crippen LogP contribution is -2.30. The van der Waals surface area contributed by atoms with Gasteiger partial charge in [0.2, 0.25) is 5.91 Å². The number of non-ortho nitro benzene ring substituents is 1. The van der Waals surface area contributed by atoms with E-state index in [0.29, 0.717) is 12.2 Å². The van der Waals surface area contributed by atoms with Crippen molar-refractivity contribution in [1.82, 2.24) is 5.32 Å². The van der Waals surface area contributed by atoms with E-state index in [-0.39, 0.29) is 24.1 Å². The number of nitro benzene ring substituents is 1. The van der Waals surface area contributed by atoms with Crippen LogP contribution in [0, 0.1) is 10.1 Å². The van der Waals surface area contributed by atoms with Gasteiger partial charge in [-0.15, -0.1) is 0 Å². The predicted molar refractivity (Wildman–Crippen MR) is 81.4 cm³/mol. The van der Waals surface area contributed by atoms with Gasteiger partial charge in [0.1, 0.15) is 5.76 Å². The minimum atomic E-state index is -0.497. The fourth-order valence-electron chi connectivity index (χ4n) is 1.95. The van der Waals surface area contributed by atoms with Gasteiger partial charge in [-0.1, -0.05) is 6.07 Å². The summed E-state index contributed by atoms with van der Waals surface area (Å²) >= 11 is 0. The predicted octanol–water partition coefficient (Wildman–Crippen LogP) is 2.69. The first-order chi connectivity index (χ1) is 10.5. The Morgan fingerprint density at radius 1 is 1.36 bits per heavy atom. The van der Waals surface area contributed by atoms with Gasteiger partial charge in [0.15, 0.2) is 0 Å². The number of hydrogen-bond acceptors (Lipinski definition) is 5. The van der Waals surface area contributed by atoms with Gasteiger partial charge in [0.05, 0.1) is 17.7 Å². The largest absolute Gasteiger partial charge is 0.468 e. The van der Waals surface area contributed by atoms with Gasteiger partial charge < -0.3 is 15.1 Å². The van der Waals surface area contributed by atoms with Crippen molar-refractivity contribution in [2.45, 2.75) is 25.9 Å². The highest BCUT2D eigenvalue weighted by molar-refractivity contribution is 5.91. The molecule has 0 aliphatic rings. The lowest BCUT2D eigenvalue weighted by molar-refractivity contribution is -0.384. The Labute approximate surface area is 127 Å². The second-order valence-electron chi connectivity index (χ2n) is 4.92. The van der Waals surface area contributed by atoms with Crippen LogP contribution in [-0.4, -0.2) is 16.9 Å². The Morgan fingerprint density at radius 3 is 2.86 bits per heavy atom. The van der Waals surface area contributed by atoms with Crippen LogP contribution >= 0.6 is 0 Å². The highest BCUT2D eigenvalue weighted by atomic mass is 16.6. The molecule has 0 saturated carbocycles. The molecule has 0 bridgehead atoms. The van der Waals surface area contributed by atoms with E-state index in [1.54, 1.807) is 18.4 Å². The highest BCUT2D eigenvalue weighted by Crippen LogP contribution is 2.17. The van der Waals surface area contributed by atoms with Crippen LogP contribution in [-0.2, 0) is 11.3 Å². The summed E-state index contributed by atoms with van der Waals surface area (Å²) in [6.45, 7) is 2.42. The number of hydrogen-bond donors (Lipinski definition) is 2. The number of nitrogens with zero attached hydrogens (tertiary/aromatic N) is 1. The van der Waals surface area contributed by atoms with Gasteiger partial charge >= 0.3 is 0 Å². The summed E-state index contributed by atoms with van der Waals surface area (Å²) in [6, 6.07) is 9.46. The molecule has 1 atom stereocenters. The third-order valence-corrected chi connectivity index (χ3v) is 3.04. The van der Waals surface area contributed by atoms with Crippen LogP contribution in [0.15, 0.2) is 47.1 Å². The first kappa shape index (κ1) is 15.7. The fraction of sp³-hybridized carbons (Fsp3) is 0.267. The second kappa shape index (κ2) is 7.37. The van der Waals surface area contributed by atoms with E-state index in [0.717, 1.165) is 5.76 Å². The number of rotatable bonds is 7. The maximum Gasteiger partial charge on any atom is 0.271 e. The maximum absolute atomic E-state index is 11.9. The molecule has 1 amide bonds. The van der Waals surface area contributed by atoms with Crippen molar-refractivity contribution in [3.63, 3.8) is 0 Å². The number of carbonyl (C=O) groups excluding carboxylic acids is 1. The lowest BCUT2D eigenvalue weighted by Gasteiger charge is -2.12. The molecular formula is C15H17N3O4. The molecule has 0 spiro atoms. The molecule has 0 aliphatic heterocycles. The Hall–Kier alpha value is -2.67. The molecular weight excluding hydrogens is 286 g/mol. The zero-order valence-electron chi connectivity index (χ0n) is 12.1. The molecule has 22 heavy (non-hydrogen) atoms. The molecule has 0 radical (unpaired) electrons. The Kier molecular flexibility index (Phi) is 5.26. The Bertz CT molecular complexity index is 640. The topological polar surface area (TPSA) is 97.4 Å². The zero-order chi connectivity index (χ0) is 15.9. The number of benzene rings is 1. The third kappa shape index (κ3) is 4.71. The first-order valence-corrected chi connectivity index (χ1v) is 6.84. The summed E-state index contributed by atoms with van der Waals surface area (Å²) in [5.41, 5.74) is 0.360. The molecule has 2 aromatic rings. The zero-order valence-corrected chi connectivity index (χ0v) is 12.1. The molecule has 0 saturated heterocycles. The van der Waals surface area contributed by atoms with Gasteiger partial charge in [0, 0.05) is 30.3 Å². The Morgan fingerprint density at radius 2 is 2.18 bits per heavy atom. The van der Waals surface area contributed by atoms with E-state index in [9.17, 15) is 14.9 Å². The molecule has 0 fully saturated rings. The van der Waals surface area contributed by atoms with Crippen LogP contribution < -0.4 is 10.6 Å². The second-order valence-corrected chi connectivity index (χ2v) is 4.92. The lowest BCUT2D eigenvalue weighted by atomic mass is 10.2. The average molecular weight is 303 g/mol. The van der Waals surface area contributed by atoms with E-state index in [1.165, 1.54) is 18.2 Å². The van der Waals surface area contributed by atoms with E-state index >= 15 is 0 Å². The van der Waals surface area contributed by atoms with Gasteiger partial charge in [-0.3, -0.25) is 14.9 Å². The monoisotopic (exact) mass is 303 g/mol. The molecule has 2 N–H and O–H groups in total. The number of nitrogens with one attached hydrogen (secondary N) is 2. The minimum absolute atomic E-state index is 0.0520. The summed E-state index contributed by atoms with van der Waals surface area (Å²) in [7, 11) is 0. The summed E-state index contributed by atoms with van der Waals surface area (Å²) in [5.74, 6) is 0.589. The minimum Gasteiger partial charge on any atom is -0.468 e. The molecule has 2 rings (SSSR count). The number of carbonyl (C=O) groups is 1. The number of furan rings is 1. The molecule has 116 valence electrons. The molecule has 0 aliphatic carbocycles. The molecule has 7 nitrogen and oxygen atoms in total. The standard InChI is InChI=1S/C15H17N3O4/c1-11(16-10-14-6-3-7-22-14)8-15(19)17-12-4-2-5-13(9-12)18(20)21/h2-7,9,11,16H,8,10H2,1H3,(H,17,19). The van der Waals surface area contributed by atoms with Gasteiger partial charge in [-0.2, -0.15) is 0 Å². The SMILES string of the molecule is CC(CC(=O)Nc1cccc([N+](=O)[O-])c1)NCc1ccco1. The van der Waals surface area contributed by atoms with Crippen LogP contribution in [0.3, 0.4) is 0 Å². The van der Waals surface area contributed by atoms with Crippen molar-refractivity contribution in [3.8, 4) is 0 Å². The van der Waals surface area contributed by atoms with Crippen molar-refractivity contribution in [3.05, 3.63) is 58.5 Å². The van der Waals surface area contributed by atoms with E-state index in [4.69, 9.17) is 4.42 Å². The van der Waals surface area contributed by atoms with Gasteiger partial charge in [-0.25, -0.2) is 0 Å². The van der Waals surface area contributed by atoms with Crippen molar-refractivity contribution < 1.29 is 14.1 Å². The van der Waals surface area contributed by atoms with Crippen molar-refractivity contribution in [2.24, 2.45) is 0 Å². The van der Waals surface area contributed by atoms with Crippen molar-refractivity contribution in [2.75, 3.05) is 5.32 Å². The Balaban J connectivity index is 1.81. The van der Waals surface area contributed by atoms with Crippen LogP contribution in [0.4, 0.5) is 11.4 Å². The molecule has 1 aromatic carbocycles. The smallest absolute Gasteiger partial charge is 0.271 e. The first-order valence-electron chi connectivity index (χ1n) is 6.84.